The molecule has 1 atom stereocenters. The van der Waals surface area contributed by atoms with Gasteiger partial charge in [-0.15, -0.1) is 0 Å². The maximum Gasteiger partial charge on any atom is 0.319 e. The molecule has 0 aliphatic carbocycles. The predicted octanol–water partition coefficient (Wildman–Crippen LogP) is -1.33. The molecule has 0 bridgehead atoms. The minimum atomic E-state index is -0.459. The van der Waals surface area contributed by atoms with Crippen LogP contribution in [0.1, 0.15) is 0 Å². The molecule has 0 amide bonds. The zero-order valence-electron chi connectivity index (χ0n) is 8.41. The number of nitrogens with one attached hydrogen (secondary N) is 1. The molecule has 1 unspecified atom stereocenters. The summed E-state index contributed by atoms with van der Waals surface area (Å²) >= 11 is 0. The van der Waals surface area contributed by atoms with Crippen LogP contribution in [0.15, 0.2) is 0 Å². The van der Waals surface area contributed by atoms with Crippen molar-refractivity contribution in [3.63, 3.8) is 0 Å². The summed E-state index contributed by atoms with van der Waals surface area (Å²) in [6.45, 7) is 1.11. The molecule has 5 heteroatoms. The summed E-state index contributed by atoms with van der Waals surface area (Å²) in [6.07, 6.45) is -0.459. The van der Waals surface area contributed by atoms with Gasteiger partial charge in [-0.2, -0.15) is 0 Å². The van der Waals surface area contributed by atoms with E-state index in [0.29, 0.717) is 13.1 Å². The van der Waals surface area contributed by atoms with Gasteiger partial charge in [-0.1, -0.05) is 0 Å². The van der Waals surface area contributed by atoms with Gasteiger partial charge < -0.3 is 20.1 Å². The highest BCUT2D eigenvalue weighted by molar-refractivity contribution is 5.71. The molecule has 0 aliphatic heterocycles. The summed E-state index contributed by atoms with van der Waals surface area (Å²) in [6, 6.07) is 0. The van der Waals surface area contributed by atoms with Crippen LogP contribution in [-0.4, -0.2) is 62.9 Å². The summed E-state index contributed by atoms with van der Waals surface area (Å²) in [5.41, 5.74) is 0. The van der Waals surface area contributed by atoms with Crippen LogP contribution < -0.4 is 5.32 Å². The molecule has 0 fully saturated rings. The Balaban J connectivity index is 3.36. The van der Waals surface area contributed by atoms with Crippen LogP contribution >= 0.6 is 0 Å². The number of methoxy groups -OCH3 is 1. The van der Waals surface area contributed by atoms with Gasteiger partial charge in [0.1, 0.15) is 0 Å². The van der Waals surface area contributed by atoms with Crippen LogP contribution in [0.2, 0.25) is 0 Å². The van der Waals surface area contributed by atoms with Gasteiger partial charge in [-0.25, -0.2) is 0 Å². The zero-order chi connectivity index (χ0) is 10.3. The van der Waals surface area contributed by atoms with Gasteiger partial charge in [0.05, 0.1) is 19.8 Å². The lowest BCUT2D eigenvalue weighted by Gasteiger charge is -2.15. The molecule has 0 aromatic heterocycles. The molecule has 13 heavy (non-hydrogen) atoms. The highest BCUT2D eigenvalue weighted by Crippen LogP contribution is 1.83. The minimum Gasteiger partial charge on any atom is -0.468 e. The van der Waals surface area contributed by atoms with Gasteiger partial charge in [0.2, 0.25) is 0 Å². The molecule has 0 aliphatic rings. The van der Waals surface area contributed by atoms with Crippen molar-refractivity contribution >= 4 is 5.97 Å². The van der Waals surface area contributed by atoms with E-state index >= 15 is 0 Å². The van der Waals surface area contributed by atoms with Crippen LogP contribution in [0, 0.1) is 0 Å². The van der Waals surface area contributed by atoms with Crippen LogP contribution in [0.3, 0.4) is 0 Å². The highest BCUT2D eigenvalue weighted by Gasteiger charge is 2.06. The van der Waals surface area contributed by atoms with Gasteiger partial charge >= 0.3 is 5.97 Å². The van der Waals surface area contributed by atoms with Crippen molar-refractivity contribution in [1.29, 1.82) is 0 Å². The first-order chi connectivity index (χ1) is 6.06. The maximum atomic E-state index is 10.6. The van der Waals surface area contributed by atoms with Gasteiger partial charge in [0.15, 0.2) is 0 Å². The van der Waals surface area contributed by atoms with E-state index in [1.807, 2.05) is 19.0 Å². The minimum absolute atomic E-state index is 0.140. The molecule has 0 radical (unpaired) electrons. The standard InChI is InChI=1S/C8H18N2O3/c1-10(2)6-7(11)4-9-5-8(12)13-3/h7,9,11H,4-6H2,1-3H3. The topological polar surface area (TPSA) is 61.8 Å². The number of esters is 1. The first-order valence-electron chi connectivity index (χ1n) is 4.16. The first kappa shape index (κ1) is 12.3. The largest absolute Gasteiger partial charge is 0.468 e. The van der Waals surface area contributed by atoms with E-state index in [1.54, 1.807) is 0 Å². The number of likely N-dealkylation sites (N-methyl/N-ethyl adjacent to an activating group) is 1. The van der Waals surface area contributed by atoms with Gasteiger partial charge in [0.25, 0.3) is 0 Å². The third-order valence-electron chi connectivity index (χ3n) is 1.45. The van der Waals surface area contributed by atoms with Crippen molar-refractivity contribution in [2.75, 3.05) is 40.8 Å². The molecule has 0 saturated heterocycles. The number of hydrogen-bond acceptors (Lipinski definition) is 5. The van der Waals surface area contributed by atoms with Crippen LogP contribution in [0.5, 0.6) is 0 Å². The van der Waals surface area contributed by atoms with E-state index in [9.17, 15) is 9.90 Å². The summed E-state index contributed by atoms with van der Waals surface area (Å²) < 4.78 is 4.42. The van der Waals surface area contributed by atoms with Crippen molar-refractivity contribution in [2.45, 2.75) is 6.10 Å². The smallest absolute Gasteiger partial charge is 0.319 e. The molecule has 0 heterocycles. The summed E-state index contributed by atoms with van der Waals surface area (Å²) in [4.78, 5) is 12.5. The van der Waals surface area contributed by atoms with E-state index in [1.165, 1.54) is 7.11 Å². The molecule has 0 aromatic rings. The highest BCUT2D eigenvalue weighted by atomic mass is 16.5. The van der Waals surface area contributed by atoms with E-state index in [-0.39, 0.29) is 12.5 Å². The van der Waals surface area contributed by atoms with Crippen LogP contribution in [0.4, 0.5) is 0 Å². The normalized spacial score (nSPS) is 13.0. The third-order valence-corrected chi connectivity index (χ3v) is 1.45. The number of carbonyl (C=O) groups excluding carboxylic acids is 1. The fraction of sp³-hybridized carbons (Fsp3) is 0.875. The average molecular weight is 190 g/mol. The summed E-state index contributed by atoms with van der Waals surface area (Å²) in [5, 5.41) is 12.1. The van der Waals surface area contributed by atoms with E-state index in [2.05, 4.69) is 10.1 Å². The SMILES string of the molecule is COC(=O)CNCC(O)CN(C)C. The lowest BCUT2D eigenvalue weighted by Crippen LogP contribution is -2.37. The Bertz CT molecular complexity index is 150. The Labute approximate surface area is 78.7 Å². The Hall–Kier alpha value is -0.650. The summed E-state index contributed by atoms with van der Waals surface area (Å²) in [7, 11) is 5.09. The number of aliphatic hydroxyl groups is 1. The lowest BCUT2D eigenvalue weighted by molar-refractivity contribution is -0.139. The Morgan fingerprint density at radius 3 is 2.69 bits per heavy atom. The Morgan fingerprint density at radius 1 is 1.62 bits per heavy atom. The quantitative estimate of drug-likeness (QED) is 0.508. The number of rotatable bonds is 6. The molecule has 5 nitrogen and oxygen atoms in total. The monoisotopic (exact) mass is 190 g/mol. The fourth-order valence-electron chi connectivity index (χ4n) is 0.899. The number of aliphatic hydroxyl groups excluding tert-OH is 1. The van der Waals surface area contributed by atoms with Crippen molar-refractivity contribution < 1.29 is 14.6 Å². The van der Waals surface area contributed by atoms with Crippen LogP contribution in [0.25, 0.3) is 0 Å². The number of hydrogen-bond donors (Lipinski definition) is 2. The molecule has 0 saturated carbocycles. The molecule has 78 valence electrons. The van der Waals surface area contributed by atoms with Crippen molar-refractivity contribution in [3.8, 4) is 0 Å². The van der Waals surface area contributed by atoms with Crippen molar-refractivity contribution in [1.82, 2.24) is 10.2 Å². The second-order valence-corrected chi connectivity index (χ2v) is 3.12. The van der Waals surface area contributed by atoms with Gasteiger partial charge in [-0.3, -0.25) is 4.79 Å². The van der Waals surface area contributed by atoms with Crippen molar-refractivity contribution in [3.05, 3.63) is 0 Å². The maximum absolute atomic E-state index is 10.6. The van der Waals surface area contributed by atoms with Crippen LogP contribution in [-0.2, 0) is 9.53 Å². The molecule has 0 spiro atoms. The number of nitrogens with zero attached hydrogens (tertiary/aromatic N) is 1. The fourth-order valence-corrected chi connectivity index (χ4v) is 0.899. The lowest BCUT2D eigenvalue weighted by atomic mass is 10.3. The third kappa shape index (κ3) is 7.70. The van der Waals surface area contributed by atoms with Gasteiger partial charge in [-0.05, 0) is 14.1 Å². The Kier molecular flexibility index (Phi) is 6.48. The molecule has 0 aromatic carbocycles. The second-order valence-electron chi connectivity index (χ2n) is 3.12. The average Bonchev–Trinajstić information content (AvgIpc) is 2.02. The number of carbonyl (C=O) groups is 1. The van der Waals surface area contributed by atoms with E-state index in [0.717, 1.165) is 0 Å². The Morgan fingerprint density at radius 2 is 2.23 bits per heavy atom. The summed E-state index contributed by atoms with van der Waals surface area (Å²) in [5.74, 6) is -0.322. The van der Waals surface area contributed by atoms with E-state index in [4.69, 9.17) is 0 Å². The number of ether oxygens (including phenoxy) is 1. The molecular formula is C8H18N2O3. The molecule has 0 rings (SSSR count). The predicted molar refractivity (Wildman–Crippen MR) is 49.4 cm³/mol. The first-order valence-corrected chi connectivity index (χ1v) is 4.16. The molecule has 2 N–H and O–H groups in total. The van der Waals surface area contributed by atoms with Crippen molar-refractivity contribution in [2.24, 2.45) is 0 Å². The zero-order valence-corrected chi connectivity index (χ0v) is 8.41. The molecular weight excluding hydrogens is 172 g/mol. The van der Waals surface area contributed by atoms with Gasteiger partial charge in [0, 0.05) is 13.1 Å². The van der Waals surface area contributed by atoms with E-state index < -0.39 is 6.10 Å². The second kappa shape index (κ2) is 6.82.